The lowest BCUT2D eigenvalue weighted by Gasteiger charge is -2.22. The summed E-state index contributed by atoms with van der Waals surface area (Å²) in [6, 6.07) is 12.1. The average molecular weight is 329 g/mol. The van der Waals surface area contributed by atoms with Gasteiger partial charge < -0.3 is 10.1 Å². The van der Waals surface area contributed by atoms with Gasteiger partial charge >= 0.3 is 0 Å². The summed E-state index contributed by atoms with van der Waals surface area (Å²) in [4.78, 5) is 12.5. The van der Waals surface area contributed by atoms with Gasteiger partial charge in [0.05, 0.1) is 6.04 Å². The van der Waals surface area contributed by atoms with Gasteiger partial charge in [0.25, 0.3) is 5.91 Å². The smallest absolute Gasteiger partial charge is 0.261 e. The van der Waals surface area contributed by atoms with Crippen LogP contribution in [-0.2, 0) is 4.79 Å². The van der Waals surface area contributed by atoms with Crippen LogP contribution in [-0.4, -0.2) is 12.0 Å². The molecule has 0 spiro atoms. The SMILES string of the molecule is CC[C@H](Oc1ccccc1F)C(=O)N[C@H](C)c1ccc(C)cc1C. The van der Waals surface area contributed by atoms with Crippen LogP contribution in [0.15, 0.2) is 42.5 Å². The fraction of sp³-hybridized carbons (Fsp3) is 0.350. The van der Waals surface area contributed by atoms with Crippen molar-refractivity contribution < 1.29 is 13.9 Å². The molecule has 0 heterocycles. The first-order valence-corrected chi connectivity index (χ1v) is 8.21. The van der Waals surface area contributed by atoms with E-state index in [0.29, 0.717) is 6.42 Å². The number of hydrogen-bond donors (Lipinski definition) is 1. The Hall–Kier alpha value is -2.36. The zero-order chi connectivity index (χ0) is 17.7. The van der Waals surface area contributed by atoms with Gasteiger partial charge in [0.1, 0.15) is 0 Å². The lowest BCUT2D eigenvalue weighted by Crippen LogP contribution is -2.39. The number of nitrogens with one attached hydrogen (secondary N) is 1. The Morgan fingerprint density at radius 3 is 2.54 bits per heavy atom. The summed E-state index contributed by atoms with van der Waals surface area (Å²) < 4.78 is 19.3. The lowest BCUT2D eigenvalue weighted by atomic mass is 10.00. The normalized spacial score (nSPS) is 13.2. The highest BCUT2D eigenvalue weighted by Gasteiger charge is 2.22. The molecule has 0 radical (unpaired) electrons. The molecule has 2 rings (SSSR count). The van der Waals surface area contributed by atoms with Gasteiger partial charge in [-0.15, -0.1) is 0 Å². The zero-order valence-corrected chi connectivity index (χ0v) is 14.6. The van der Waals surface area contributed by atoms with E-state index in [2.05, 4.69) is 11.4 Å². The quantitative estimate of drug-likeness (QED) is 0.849. The monoisotopic (exact) mass is 329 g/mol. The maximum atomic E-state index is 13.7. The summed E-state index contributed by atoms with van der Waals surface area (Å²) in [5, 5.41) is 2.96. The largest absolute Gasteiger partial charge is 0.478 e. The van der Waals surface area contributed by atoms with Crippen LogP contribution < -0.4 is 10.1 Å². The van der Waals surface area contributed by atoms with Gasteiger partial charge in [-0.1, -0.05) is 42.8 Å². The average Bonchev–Trinajstić information content (AvgIpc) is 2.53. The van der Waals surface area contributed by atoms with E-state index in [1.807, 2.05) is 39.8 Å². The van der Waals surface area contributed by atoms with Crippen molar-refractivity contribution in [1.82, 2.24) is 5.32 Å². The van der Waals surface area contributed by atoms with E-state index < -0.39 is 11.9 Å². The van der Waals surface area contributed by atoms with Gasteiger partial charge in [0, 0.05) is 0 Å². The highest BCUT2D eigenvalue weighted by atomic mass is 19.1. The van der Waals surface area contributed by atoms with Gasteiger partial charge in [-0.05, 0) is 50.5 Å². The molecule has 128 valence electrons. The number of halogens is 1. The van der Waals surface area contributed by atoms with Crippen LogP contribution in [0.4, 0.5) is 4.39 Å². The number of aryl methyl sites for hydroxylation is 2. The van der Waals surface area contributed by atoms with E-state index in [0.717, 1.165) is 11.1 Å². The molecule has 1 amide bonds. The van der Waals surface area contributed by atoms with E-state index in [-0.39, 0.29) is 17.7 Å². The Labute approximate surface area is 142 Å². The number of rotatable bonds is 6. The molecule has 2 aromatic rings. The molecule has 2 aromatic carbocycles. The molecule has 0 bridgehead atoms. The highest BCUT2D eigenvalue weighted by Crippen LogP contribution is 2.21. The molecular weight excluding hydrogens is 305 g/mol. The number of carbonyl (C=O) groups excluding carboxylic acids is 1. The summed E-state index contributed by atoms with van der Waals surface area (Å²) >= 11 is 0. The van der Waals surface area contributed by atoms with Crippen LogP contribution in [0, 0.1) is 19.7 Å². The fourth-order valence-electron chi connectivity index (χ4n) is 2.71. The number of benzene rings is 2. The molecule has 1 N–H and O–H groups in total. The highest BCUT2D eigenvalue weighted by molar-refractivity contribution is 5.81. The summed E-state index contributed by atoms with van der Waals surface area (Å²) in [6.45, 7) is 7.84. The summed E-state index contributed by atoms with van der Waals surface area (Å²) in [5.74, 6) is -0.613. The van der Waals surface area contributed by atoms with Gasteiger partial charge in [0.2, 0.25) is 0 Å². The lowest BCUT2D eigenvalue weighted by molar-refractivity contribution is -0.128. The second-order valence-corrected chi connectivity index (χ2v) is 6.04. The van der Waals surface area contributed by atoms with E-state index in [4.69, 9.17) is 4.74 Å². The summed E-state index contributed by atoms with van der Waals surface area (Å²) in [7, 11) is 0. The van der Waals surface area contributed by atoms with Crippen LogP contribution in [0.5, 0.6) is 5.75 Å². The minimum absolute atomic E-state index is 0.0960. The van der Waals surface area contributed by atoms with Crippen molar-refractivity contribution in [3.05, 3.63) is 65.0 Å². The number of para-hydroxylation sites is 1. The van der Waals surface area contributed by atoms with Gasteiger partial charge in [-0.2, -0.15) is 0 Å². The molecule has 4 heteroatoms. The molecular formula is C20H24FNO2. The first kappa shape index (κ1) is 18.0. The number of carbonyl (C=O) groups is 1. The topological polar surface area (TPSA) is 38.3 Å². The Bertz CT molecular complexity index is 715. The standard InChI is InChI=1S/C20H24FNO2/c1-5-18(24-19-9-7-6-8-17(19)21)20(23)22-15(4)16-11-10-13(2)12-14(16)3/h6-12,15,18H,5H2,1-4H3,(H,22,23)/t15-,18+/m1/s1. The Kier molecular flexibility index (Phi) is 5.96. The van der Waals surface area contributed by atoms with Crippen LogP contribution in [0.1, 0.15) is 43.0 Å². The Balaban J connectivity index is 2.07. The summed E-state index contributed by atoms with van der Waals surface area (Å²) in [5.41, 5.74) is 3.38. The first-order chi connectivity index (χ1) is 11.4. The zero-order valence-electron chi connectivity index (χ0n) is 14.6. The van der Waals surface area contributed by atoms with Crippen LogP contribution in [0.2, 0.25) is 0 Å². The van der Waals surface area contributed by atoms with Crippen molar-refractivity contribution >= 4 is 5.91 Å². The molecule has 0 saturated heterocycles. The van der Waals surface area contributed by atoms with Crippen LogP contribution in [0.25, 0.3) is 0 Å². The second-order valence-electron chi connectivity index (χ2n) is 6.04. The predicted molar refractivity (Wildman–Crippen MR) is 93.6 cm³/mol. The molecule has 3 nitrogen and oxygen atoms in total. The van der Waals surface area contributed by atoms with Crippen molar-refractivity contribution in [3.63, 3.8) is 0 Å². The molecule has 0 aliphatic heterocycles. The van der Waals surface area contributed by atoms with Crippen molar-refractivity contribution in [2.24, 2.45) is 0 Å². The summed E-state index contributed by atoms with van der Waals surface area (Å²) in [6.07, 6.45) is -0.269. The maximum Gasteiger partial charge on any atom is 0.261 e. The number of ether oxygens (including phenoxy) is 1. The Morgan fingerprint density at radius 2 is 1.92 bits per heavy atom. The number of hydrogen-bond acceptors (Lipinski definition) is 2. The van der Waals surface area contributed by atoms with E-state index >= 15 is 0 Å². The molecule has 0 unspecified atom stereocenters. The third-order valence-corrected chi connectivity index (χ3v) is 4.02. The van der Waals surface area contributed by atoms with E-state index in [9.17, 15) is 9.18 Å². The Morgan fingerprint density at radius 1 is 1.21 bits per heavy atom. The molecule has 0 fully saturated rings. The molecule has 0 aliphatic rings. The van der Waals surface area contributed by atoms with Gasteiger partial charge in [0.15, 0.2) is 17.7 Å². The molecule has 2 atom stereocenters. The number of amides is 1. The molecule has 0 aliphatic carbocycles. The molecule has 24 heavy (non-hydrogen) atoms. The van der Waals surface area contributed by atoms with Crippen molar-refractivity contribution in [2.45, 2.75) is 46.3 Å². The van der Waals surface area contributed by atoms with Crippen LogP contribution >= 0.6 is 0 Å². The third-order valence-electron chi connectivity index (χ3n) is 4.02. The molecule has 0 saturated carbocycles. The van der Waals surface area contributed by atoms with Gasteiger partial charge in [-0.25, -0.2) is 4.39 Å². The van der Waals surface area contributed by atoms with E-state index in [1.165, 1.54) is 17.7 Å². The van der Waals surface area contributed by atoms with Crippen molar-refractivity contribution in [1.29, 1.82) is 0 Å². The second kappa shape index (κ2) is 7.95. The fourth-order valence-corrected chi connectivity index (χ4v) is 2.71. The van der Waals surface area contributed by atoms with Crippen LogP contribution in [0.3, 0.4) is 0 Å². The first-order valence-electron chi connectivity index (χ1n) is 8.21. The van der Waals surface area contributed by atoms with Crippen molar-refractivity contribution in [3.8, 4) is 5.75 Å². The minimum Gasteiger partial charge on any atom is -0.478 e. The van der Waals surface area contributed by atoms with Gasteiger partial charge in [-0.3, -0.25) is 4.79 Å². The molecule has 0 aromatic heterocycles. The predicted octanol–water partition coefficient (Wildman–Crippen LogP) is 4.48. The minimum atomic E-state index is -0.727. The van der Waals surface area contributed by atoms with Crippen molar-refractivity contribution in [2.75, 3.05) is 0 Å². The maximum absolute atomic E-state index is 13.7. The van der Waals surface area contributed by atoms with E-state index in [1.54, 1.807) is 12.1 Å². The third kappa shape index (κ3) is 4.34.